The number of carbonyl (C=O) groups excluding carboxylic acids is 1. The smallest absolute Gasteiger partial charge is 0.228 e. The van der Waals surface area contributed by atoms with E-state index in [1.165, 1.54) is 11.1 Å². The molecule has 1 N–H and O–H groups in total. The minimum atomic E-state index is 0.0759. The molecule has 3 rings (SSSR count). The van der Waals surface area contributed by atoms with E-state index in [2.05, 4.69) is 24.1 Å². The van der Waals surface area contributed by atoms with Crippen LogP contribution in [0.25, 0.3) is 0 Å². The lowest BCUT2D eigenvalue weighted by atomic mass is 10.1. The molecular formula is C16H19N3O. The van der Waals surface area contributed by atoms with Crippen molar-refractivity contribution in [2.24, 2.45) is 13.0 Å². The third-order valence-electron chi connectivity index (χ3n) is 4.14. The maximum Gasteiger partial charge on any atom is 0.228 e. The van der Waals surface area contributed by atoms with Gasteiger partial charge in [0.05, 0.1) is 6.33 Å². The lowest BCUT2D eigenvalue weighted by Crippen LogP contribution is -2.15. The van der Waals surface area contributed by atoms with Crippen molar-refractivity contribution in [3.63, 3.8) is 0 Å². The summed E-state index contributed by atoms with van der Waals surface area (Å²) in [6.45, 7) is 4.13. The van der Waals surface area contributed by atoms with Gasteiger partial charge in [-0.05, 0) is 43.5 Å². The normalized spacial score (nSPS) is 20.8. The highest BCUT2D eigenvalue weighted by Crippen LogP contribution is 2.47. The Morgan fingerprint density at radius 2 is 2.15 bits per heavy atom. The van der Waals surface area contributed by atoms with Crippen LogP contribution in [0.3, 0.4) is 0 Å². The topological polar surface area (TPSA) is 46.9 Å². The van der Waals surface area contributed by atoms with Crippen molar-refractivity contribution in [2.45, 2.75) is 26.2 Å². The standard InChI is InChI=1S/C16H19N3O/c1-10-4-5-12(6-11(10)2)18-16(20)14-7-13(14)15-8-17-9-19(15)3/h4-6,8-9,13-14H,7H2,1-3H3,(H,18,20)/t13-,14-/m1/s1. The van der Waals surface area contributed by atoms with E-state index in [9.17, 15) is 4.79 Å². The van der Waals surface area contributed by atoms with Crippen LogP contribution < -0.4 is 5.32 Å². The summed E-state index contributed by atoms with van der Waals surface area (Å²) in [5, 5.41) is 3.01. The number of amides is 1. The fourth-order valence-electron chi connectivity index (χ4n) is 2.59. The van der Waals surface area contributed by atoms with Gasteiger partial charge in [-0.1, -0.05) is 6.07 Å². The predicted octanol–water partition coefficient (Wildman–Crippen LogP) is 2.78. The van der Waals surface area contributed by atoms with Gasteiger partial charge in [-0.15, -0.1) is 0 Å². The molecule has 104 valence electrons. The number of hydrogen-bond acceptors (Lipinski definition) is 2. The van der Waals surface area contributed by atoms with E-state index in [1.807, 2.05) is 36.0 Å². The average molecular weight is 269 g/mol. The van der Waals surface area contributed by atoms with Gasteiger partial charge < -0.3 is 9.88 Å². The lowest BCUT2D eigenvalue weighted by Gasteiger charge is -2.07. The maximum atomic E-state index is 12.2. The first kappa shape index (κ1) is 12.9. The Balaban J connectivity index is 1.67. The molecule has 0 radical (unpaired) electrons. The molecule has 0 bridgehead atoms. The van der Waals surface area contributed by atoms with Crippen LogP contribution >= 0.6 is 0 Å². The quantitative estimate of drug-likeness (QED) is 0.931. The fourth-order valence-corrected chi connectivity index (χ4v) is 2.59. The van der Waals surface area contributed by atoms with Crippen LogP contribution in [0.2, 0.25) is 0 Å². The molecule has 1 aromatic carbocycles. The number of aromatic nitrogens is 2. The van der Waals surface area contributed by atoms with E-state index in [1.54, 1.807) is 6.33 Å². The second kappa shape index (κ2) is 4.78. The summed E-state index contributed by atoms with van der Waals surface area (Å²) in [6, 6.07) is 6.02. The number of benzene rings is 1. The molecule has 1 aliphatic carbocycles. The monoisotopic (exact) mass is 269 g/mol. The molecule has 1 amide bonds. The van der Waals surface area contributed by atoms with Crippen molar-refractivity contribution in [2.75, 3.05) is 5.32 Å². The maximum absolute atomic E-state index is 12.2. The number of nitrogens with one attached hydrogen (secondary N) is 1. The Kier molecular flexibility index (Phi) is 3.08. The number of nitrogens with zero attached hydrogens (tertiary/aromatic N) is 2. The Bertz CT molecular complexity index is 659. The molecule has 1 fully saturated rings. The van der Waals surface area contributed by atoms with Crippen LogP contribution in [0, 0.1) is 19.8 Å². The molecule has 4 heteroatoms. The zero-order valence-electron chi connectivity index (χ0n) is 12.1. The first-order valence-electron chi connectivity index (χ1n) is 6.90. The summed E-state index contributed by atoms with van der Waals surface area (Å²) < 4.78 is 1.99. The second-order valence-corrected chi connectivity index (χ2v) is 5.67. The zero-order chi connectivity index (χ0) is 14.3. The average Bonchev–Trinajstić information content (AvgIpc) is 3.09. The Morgan fingerprint density at radius 1 is 1.35 bits per heavy atom. The van der Waals surface area contributed by atoms with Crippen LogP contribution in [0.5, 0.6) is 0 Å². The van der Waals surface area contributed by atoms with Crippen LogP contribution in [0.4, 0.5) is 5.69 Å². The molecule has 4 nitrogen and oxygen atoms in total. The number of carbonyl (C=O) groups is 1. The predicted molar refractivity (Wildman–Crippen MR) is 78.6 cm³/mol. The SMILES string of the molecule is Cc1ccc(NC(=O)[C@@H]2C[C@H]2c2cncn2C)cc1C. The summed E-state index contributed by atoms with van der Waals surface area (Å²) in [5.74, 6) is 0.500. The van der Waals surface area contributed by atoms with Gasteiger partial charge in [0, 0.05) is 36.5 Å². The molecule has 0 unspecified atom stereocenters. The summed E-state index contributed by atoms with van der Waals surface area (Å²) in [4.78, 5) is 16.4. The third kappa shape index (κ3) is 2.33. The van der Waals surface area contributed by atoms with Gasteiger partial charge in [-0.3, -0.25) is 4.79 Å². The summed E-state index contributed by atoms with van der Waals surface area (Å²) in [7, 11) is 1.97. The van der Waals surface area contributed by atoms with Crippen molar-refractivity contribution < 1.29 is 4.79 Å². The molecule has 1 aliphatic rings. The number of hydrogen-bond donors (Lipinski definition) is 1. The summed E-state index contributed by atoms with van der Waals surface area (Å²) >= 11 is 0. The highest BCUT2D eigenvalue weighted by atomic mass is 16.2. The Hall–Kier alpha value is -2.10. The summed E-state index contributed by atoms with van der Waals surface area (Å²) in [6.07, 6.45) is 4.55. The molecular weight excluding hydrogens is 250 g/mol. The molecule has 2 atom stereocenters. The largest absolute Gasteiger partial charge is 0.337 e. The van der Waals surface area contributed by atoms with Crippen molar-refractivity contribution in [1.82, 2.24) is 9.55 Å². The van der Waals surface area contributed by atoms with Gasteiger partial charge in [-0.2, -0.15) is 0 Å². The van der Waals surface area contributed by atoms with Crippen LogP contribution in [0.15, 0.2) is 30.7 Å². The van der Waals surface area contributed by atoms with Gasteiger partial charge in [0.25, 0.3) is 0 Å². The molecule has 0 aliphatic heterocycles. The van der Waals surface area contributed by atoms with Crippen molar-refractivity contribution in [3.8, 4) is 0 Å². The van der Waals surface area contributed by atoms with Crippen molar-refractivity contribution in [1.29, 1.82) is 0 Å². The second-order valence-electron chi connectivity index (χ2n) is 5.67. The molecule has 1 heterocycles. The molecule has 1 saturated carbocycles. The van der Waals surface area contributed by atoms with E-state index >= 15 is 0 Å². The van der Waals surface area contributed by atoms with Crippen LogP contribution in [-0.2, 0) is 11.8 Å². The number of aryl methyl sites for hydroxylation is 3. The van der Waals surface area contributed by atoms with Gasteiger partial charge in [-0.25, -0.2) is 4.98 Å². The first-order valence-corrected chi connectivity index (χ1v) is 6.90. The Labute approximate surface area is 118 Å². The molecule has 2 aromatic rings. The fraction of sp³-hybridized carbons (Fsp3) is 0.375. The zero-order valence-corrected chi connectivity index (χ0v) is 12.1. The van der Waals surface area contributed by atoms with E-state index < -0.39 is 0 Å². The summed E-state index contributed by atoms with van der Waals surface area (Å²) in [5.41, 5.74) is 4.46. The van der Waals surface area contributed by atoms with E-state index in [4.69, 9.17) is 0 Å². The molecule has 0 saturated heterocycles. The third-order valence-corrected chi connectivity index (χ3v) is 4.14. The number of rotatable bonds is 3. The van der Waals surface area contributed by atoms with Crippen molar-refractivity contribution in [3.05, 3.63) is 47.5 Å². The van der Waals surface area contributed by atoms with Crippen LogP contribution in [-0.4, -0.2) is 15.5 Å². The molecule has 20 heavy (non-hydrogen) atoms. The van der Waals surface area contributed by atoms with Gasteiger partial charge >= 0.3 is 0 Å². The van der Waals surface area contributed by atoms with Gasteiger partial charge in [0.15, 0.2) is 0 Å². The number of imidazole rings is 1. The Morgan fingerprint density at radius 3 is 2.80 bits per heavy atom. The highest BCUT2D eigenvalue weighted by Gasteiger charge is 2.45. The first-order chi connectivity index (χ1) is 9.56. The van der Waals surface area contributed by atoms with Gasteiger partial charge in [0.1, 0.15) is 0 Å². The van der Waals surface area contributed by atoms with E-state index in [0.717, 1.165) is 17.8 Å². The van der Waals surface area contributed by atoms with Crippen molar-refractivity contribution >= 4 is 11.6 Å². The highest BCUT2D eigenvalue weighted by molar-refractivity contribution is 5.95. The van der Waals surface area contributed by atoms with E-state index in [0.29, 0.717) is 5.92 Å². The minimum absolute atomic E-state index is 0.0759. The van der Waals surface area contributed by atoms with Gasteiger partial charge in [0.2, 0.25) is 5.91 Å². The molecule has 1 aromatic heterocycles. The minimum Gasteiger partial charge on any atom is -0.337 e. The number of anilines is 1. The van der Waals surface area contributed by atoms with E-state index in [-0.39, 0.29) is 11.8 Å². The lowest BCUT2D eigenvalue weighted by molar-refractivity contribution is -0.117. The molecule has 0 spiro atoms. The van der Waals surface area contributed by atoms with Crippen LogP contribution in [0.1, 0.15) is 29.2 Å².